The number of guanidine groups is 1. The van der Waals surface area contributed by atoms with E-state index in [2.05, 4.69) is 32.6 Å². The van der Waals surface area contributed by atoms with Crippen molar-refractivity contribution < 1.29 is 0 Å². The van der Waals surface area contributed by atoms with Crippen LogP contribution in [0.2, 0.25) is 0 Å². The first-order valence-corrected chi connectivity index (χ1v) is 6.84. The van der Waals surface area contributed by atoms with Gasteiger partial charge in [0, 0.05) is 25.8 Å². The molecule has 2 rings (SSSR count). The van der Waals surface area contributed by atoms with Crippen LogP contribution < -0.4 is 10.6 Å². The molecule has 1 aliphatic heterocycles. The minimum absolute atomic E-state index is 0. The number of pyridine rings is 1. The SMILES string of the molecule is CN=C(NCc1ccccn1)NCC1CCCN1C.I. The van der Waals surface area contributed by atoms with Crippen LogP contribution in [0.4, 0.5) is 0 Å². The summed E-state index contributed by atoms with van der Waals surface area (Å²) in [5.74, 6) is 0.839. The van der Waals surface area contributed by atoms with E-state index >= 15 is 0 Å². The molecule has 0 radical (unpaired) electrons. The molecule has 0 spiro atoms. The number of nitrogens with zero attached hydrogens (tertiary/aromatic N) is 3. The van der Waals surface area contributed by atoms with Gasteiger partial charge in [-0.05, 0) is 38.6 Å². The van der Waals surface area contributed by atoms with Crippen molar-refractivity contribution in [2.75, 3.05) is 27.2 Å². The predicted octanol–water partition coefficient (Wildman–Crippen LogP) is 1.46. The summed E-state index contributed by atoms with van der Waals surface area (Å²) < 4.78 is 0. The molecule has 5 nitrogen and oxygen atoms in total. The number of halogens is 1. The van der Waals surface area contributed by atoms with Crippen LogP contribution in [0.25, 0.3) is 0 Å². The van der Waals surface area contributed by atoms with Crippen molar-refractivity contribution in [1.29, 1.82) is 0 Å². The lowest BCUT2D eigenvalue weighted by molar-refractivity contribution is 0.309. The largest absolute Gasteiger partial charge is 0.355 e. The van der Waals surface area contributed by atoms with Crippen molar-refractivity contribution in [2.24, 2.45) is 4.99 Å². The van der Waals surface area contributed by atoms with Gasteiger partial charge >= 0.3 is 0 Å². The molecule has 0 bridgehead atoms. The van der Waals surface area contributed by atoms with Gasteiger partial charge in [0.05, 0.1) is 12.2 Å². The van der Waals surface area contributed by atoms with Crippen LogP contribution in [-0.4, -0.2) is 49.1 Å². The Balaban J connectivity index is 0.00000200. The van der Waals surface area contributed by atoms with E-state index in [4.69, 9.17) is 0 Å². The highest BCUT2D eigenvalue weighted by Gasteiger charge is 2.20. The minimum Gasteiger partial charge on any atom is -0.355 e. The van der Waals surface area contributed by atoms with Gasteiger partial charge in [-0.25, -0.2) is 0 Å². The Bertz CT molecular complexity index is 409. The summed E-state index contributed by atoms with van der Waals surface area (Å²) in [5, 5.41) is 6.66. The Morgan fingerprint density at radius 2 is 2.30 bits per heavy atom. The first-order valence-electron chi connectivity index (χ1n) is 6.84. The van der Waals surface area contributed by atoms with E-state index in [0.717, 1.165) is 18.2 Å². The molecule has 1 unspecified atom stereocenters. The van der Waals surface area contributed by atoms with E-state index in [-0.39, 0.29) is 24.0 Å². The molecule has 0 saturated carbocycles. The van der Waals surface area contributed by atoms with E-state index in [0.29, 0.717) is 12.6 Å². The molecule has 0 aliphatic carbocycles. The molecule has 20 heavy (non-hydrogen) atoms. The first kappa shape index (κ1) is 17.2. The maximum Gasteiger partial charge on any atom is 0.191 e. The minimum atomic E-state index is 0. The average molecular weight is 389 g/mol. The summed E-state index contributed by atoms with van der Waals surface area (Å²) >= 11 is 0. The molecule has 6 heteroatoms. The van der Waals surface area contributed by atoms with Crippen LogP contribution in [0.15, 0.2) is 29.4 Å². The molecule has 1 atom stereocenters. The second kappa shape index (κ2) is 9.12. The lowest BCUT2D eigenvalue weighted by atomic mass is 10.2. The van der Waals surface area contributed by atoms with Crippen molar-refractivity contribution in [3.8, 4) is 0 Å². The highest BCUT2D eigenvalue weighted by atomic mass is 127. The molecule has 1 saturated heterocycles. The molecule has 1 aromatic rings. The number of hydrogen-bond acceptors (Lipinski definition) is 3. The summed E-state index contributed by atoms with van der Waals surface area (Å²) in [4.78, 5) is 10.9. The fraction of sp³-hybridized carbons (Fsp3) is 0.571. The Labute approximate surface area is 138 Å². The number of aliphatic imine (C=N–C) groups is 1. The highest BCUT2D eigenvalue weighted by Crippen LogP contribution is 2.13. The molecular weight excluding hydrogens is 365 g/mol. The molecule has 0 amide bonds. The Morgan fingerprint density at radius 3 is 2.90 bits per heavy atom. The average Bonchev–Trinajstić information content (AvgIpc) is 2.86. The molecule has 1 aromatic heterocycles. The van der Waals surface area contributed by atoms with Gasteiger partial charge in [-0.15, -0.1) is 24.0 Å². The fourth-order valence-corrected chi connectivity index (χ4v) is 2.35. The Hall–Kier alpha value is -0.890. The second-order valence-corrected chi connectivity index (χ2v) is 4.90. The van der Waals surface area contributed by atoms with Gasteiger partial charge in [-0.1, -0.05) is 6.07 Å². The van der Waals surface area contributed by atoms with E-state index in [9.17, 15) is 0 Å². The van der Waals surface area contributed by atoms with Crippen molar-refractivity contribution >= 4 is 29.9 Å². The third kappa shape index (κ3) is 5.24. The second-order valence-electron chi connectivity index (χ2n) is 4.90. The van der Waals surface area contributed by atoms with Crippen molar-refractivity contribution in [2.45, 2.75) is 25.4 Å². The van der Waals surface area contributed by atoms with Gasteiger partial charge in [0.1, 0.15) is 0 Å². The van der Waals surface area contributed by atoms with Gasteiger partial charge < -0.3 is 15.5 Å². The van der Waals surface area contributed by atoms with Gasteiger partial charge in [0.2, 0.25) is 0 Å². The lowest BCUT2D eigenvalue weighted by Crippen LogP contribution is -2.43. The molecule has 112 valence electrons. The Kier molecular flexibility index (Phi) is 7.83. The van der Waals surface area contributed by atoms with Gasteiger partial charge in [-0.3, -0.25) is 9.98 Å². The summed E-state index contributed by atoms with van der Waals surface area (Å²) in [6.45, 7) is 2.84. The standard InChI is InChI=1S/C14H23N5.HI/c1-15-14(17-10-12-6-3-4-8-16-12)18-11-13-7-5-9-19(13)2;/h3-4,6,8,13H,5,7,9-11H2,1-2H3,(H2,15,17,18);1H. The zero-order valence-corrected chi connectivity index (χ0v) is 14.5. The van der Waals surface area contributed by atoms with E-state index in [1.807, 2.05) is 18.2 Å². The third-order valence-corrected chi connectivity index (χ3v) is 3.56. The normalized spacial score (nSPS) is 19.5. The van der Waals surface area contributed by atoms with Crippen LogP contribution in [0.3, 0.4) is 0 Å². The summed E-state index contributed by atoms with van der Waals surface area (Å²) in [6.07, 6.45) is 4.37. The van der Waals surface area contributed by atoms with E-state index in [1.165, 1.54) is 19.4 Å². The molecule has 1 fully saturated rings. The van der Waals surface area contributed by atoms with E-state index < -0.39 is 0 Å². The maximum absolute atomic E-state index is 4.28. The monoisotopic (exact) mass is 389 g/mol. The van der Waals surface area contributed by atoms with Crippen molar-refractivity contribution in [1.82, 2.24) is 20.5 Å². The number of nitrogens with one attached hydrogen (secondary N) is 2. The molecule has 1 aliphatic rings. The molecule has 0 aromatic carbocycles. The quantitative estimate of drug-likeness (QED) is 0.465. The number of rotatable bonds is 4. The Morgan fingerprint density at radius 1 is 1.45 bits per heavy atom. The van der Waals surface area contributed by atoms with Crippen molar-refractivity contribution in [3.05, 3.63) is 30.1 Å². The van der Waals surface area contributed by atoms with Crippen LogP contribution in [0, 0.1) is 0 Å². The molecular formula is C14H24IN5. The van der Waals surface area contributed by atoms with Crippen LogP contribution in [0.5, 0.6) is 0 Å². The van der Waals surface area contributed by atoms with E-state index in [1.54, 1.807) is 13.2 Å². The predicted molar refractivity (Wildman–Crippen MR) is 93.5 cm³/mol. The van der Waals surface area contributed by atoms with Crippen LogP contribution in [0.1, 0.15) is 18.5 Å². The third-order valence-electron chi connectivity index (χ3n) is 3.56. The number of likely N-dealkylation sites (N-methyl/N-ethyl adjacent to an activating group) is 1. The first-order chi connectivity index (χ1) is 9.29. The van der Waals surface area contributed by atoms with Crippen LogP contribution >= 0.6 is 24.0 Å². The molecule has 2 N–H and O–H groups in total. The van der Waals surface area contributed by atoms with Crippen molar-refractivity contribution in [3.63, 3.8) is 0 Å². The smallest absolute Gasteiger partial charge is 0.191 e. The van der Waals surface area contributed by atoms with Gasteiger partial charge in [0.25, 0.3) is 0 Å². The summed E-state index contributed by atoms with van der Waals surface area (Å²) in [5.41, 5.74) is 1.02. The summed E-state index contributed by atoms with van der Waals surface area (Å²) in [7, 11) is 3.98. The number of aromatic nitrogens is 1. The number of likely N-dealkylation sites (tertiary alicyclic amines) is 1. The lowest BCUT2D eigenvalue weighted by Gasteiger charge is -2.21. The summed E-state index contributed by atoms with van der Waals surface area (Å²) in [6, 6.07) is 6.54. The fourth-order valence-electron chi connectivity index (χ4n) is 2.35. The number of hydrogen-bond donors (Lipinski definition) is 2. The maximum atomic E-state index is 4.28. The zero-order valence-electron chi connectivity index (χ0n) is 12.2. The van der Waals surface area contributed by atoms with Gasteiger partial charge in [-0.2, -0.15) is 0 Å². The molecule has 2 heterocycles. The van der Waals surface area contributed by atoms with Gasteiger partial charge in [0.15, 0.2) is 5.96 Å². The highest BCUT2D eigenvalue weighted by molar-refractivity contribution is 14.0. The van der Waals surface area contributed by atoms with Crippen LogP contribution in [-0.2, 0) is 6.54 Å². The topological polar surface area (TPSA) is 52.6 Å². The zero-order chi connectivity index (χ0) is 13.5.